The summed E-state index contributed by atoms with van der Waals surface area (Å²) in [6, 6.07) is 21.0. The van der Waals surface area contributed by atoms with Crippen molar-refractivity contribution in [3.8, 4) is 11.1 Å². The Morgan fingerprint density at radius 3 is 2.27 bits per heavy atom. The number of amides is 2. The van der Waals surface area contributed by atoms with Gasteiger partial charge in [0.25, 0.3) is 11.8 Å². The van der Waals surface area contributed by atoms with E-state index in [-0.39, 0.29) is 11.8 Å². The molecule has 0 saturated heterocycles. The molecule has 2 amide bonds. The average Bonchev–Trinajstić information content (AvgIpc) is 2.86. The molecule has 4 rings (SSSR count). The normalized spacial score (nSPS) is 16.4. The number of rotatable bonds is 5. The number of anilines is 1. The van der Waals surface area contributed by atoms with Crippen LogP contribution >= 0.6 is 0 Å². The van der Waals surface area contributed by atoms with Crippen LogP contribution in [0.4, 0.5) is 5.82 Å². The minimum absolute atomic E-state index is 0.0974. The van der Waals surface area contributed by atoms with Crippen LogP contribution in [-0.2, 0) is 11.3 Å². The van der Waals surface area contributed by atoms with E-state index in [1.165, 1.54) is 4.90 Å². The number of nitrogens with zero attached hydrogens (tertiary/aromatic N) is 3. The summed E-state index contributed by atoms with van der Waals surface area (Å²) in [5.74, 6) is 0.163. The molecule has 0 spiro atoms. The molecule has 1 unspecified atom stereocenters. The summed E-state index contributed by atoms with van der Waals surface area (Å²) in [5.41, 5.74) is 3.30. The van der Waals surface area contributed by atoms with E-state index in [9.17, 15) is 9.59 Å². The van der Waals surface area contributed by atoms with Crippen LogP contribution in [-0.4, -0.2) is 34.8 Å². The average molecular weight is 399 g/mol. The molecule has 0 bridgehead atoms. The van der Waals surface area contributed by atoms with Gasteiger partial charge in [0.1, 0.15) is 11.9 Å². The van der Waals surface area contributed by atoms with Gasteiger partial charge in [-0.15, -0.1) is 0 Å². The van der Waals surface area contributed by atoms with E-state index in [0.717, 1.165) is 23.1 Å². The first kappa shape index (κ1) is 19.8. The first-order chi connectivity index (χ1) is 14.6. The lowest BCUT2D eigenvalue weighted by atomic mass is 10.0. The van der Waals surface area contributed by atoms with Crippen molar-refractivity contribution in [3.63, 3.8) is 0 Å². The molecule has 0 radical (unpaired) electrons. The van der Waals surface area contributed by atoms with Crippen molar-refractivity contribution in [2.24, 2.45) is 0 Å². The van der Waals surface area contributed by atoms with E-state index in [4.69, 9.17) is 0 Å². The highest BCUT2D eigenvalue weighted by Crippen LogP contribution is 2.31. The predicted octanol–water partition coefficient (Wildman–Crippen LogP) is 4.54. The van der Waals surface area contributed by atoms with Gasteiger partial charge in [-0.05, 0) is 23.6 Å². The standard InChI is InChI=1S/C25H25N3O2/c1-3-10-22-25(30)27(2)23-21(15-20(16-26-23)19-13-8-5-9-14-19)24(29)28(22)17-18-11-6-4-7-12-18/h4-9,11-16,22H,3,10,17H2,1-2H3. The molecule has 1 aliphatic heterocycles. The Labute approximate surface area is 177 Å². The second kappa shape index (κ2) is 8.49. The maximum Gasteiger partial charge on any atom is 0.258 e. The molecule has 0 aliphatic carbocycles. The van der Waals surface area contributed by atoms with Crippen molar-refractivity contribution in [1.29, 1.82) is 0 Å². The number of hydrogen-bond donors (Lipinski definition) is 0. The van der Waals surface area contributed by atoms with Gasteiger partial charge in [-0.2, -0.15) is 0 Å². The summed E-state index contributed by atoms with van der Waals surface area (Å²) >= 11 is 0. The fourth-order valence-corrected chi connectivity index (χ4v) is 3.94. The second-order valence-electron chi connectivity index (χ2n) is 7.58. The molecule has 152 valence electrons. The summed E-state index contributed by atoms with van der Waals surface area (Å²) in [5, 5.41) is 0. The van der Waals surface area contributed by atoms with E-state index in [1.54, 1.807) is 18.1 Å². The molecule has 5 nitrogen and oxygen atoms in total. The number of aromatic nitrogens is 1. The Balaban J connectivity index is 1.81. The Hall–Kier alpha value is -3.47. The van der Waals surface area contributed by atoms with Gasteiger partial charge < -0.3 is 4.90 Å². The van der Waals surface area contributed by atoms with Gasteiger partial charge in [0, 0.05) is 25.4 Å². The van der Waals surface area contributed by atoms with Gasteiger partial charge in [-0.25, -0.2) is 4.98 Å². The van der Waals surface area contributed by atoms with Crippen molar-refractivity contribution >= 4 is 17.6 Å². The molecule has 1 aliphatic rings. The predicted molar refractivity (Wildman–Crippen MR) is 118 cm³/mol. The highest BCUT2D eigenvalue weighted by Gasteiger charge is 2.38. The third-order valence-corrected chi connectivity index (χ3v) is 5.53. The molecule has 2 aromatic carbocycles. The van der Waals surface area contributed by atoms with Crippen LogP contribution in [0, 0.1) is 0 Å². The lowest BCUT2D eigenvalue weighted by Gasteiger charge is -2.29. The zero-order valence-electron chi connectivity index (χ0n) is 17.3. The van der Waals surface area contributed by atoms with Crippen LogP contribution in [0.2, 0.25) is 0 Å². The molecule has 30 heavy (non-hydrogen) atoms. The molecule has 1 atom stereocenters. The number of carbonyl (C=O) groups is 2. The smallest absolute Gasteiger partial charge is 0.258 e. The first-order valence-corrected chi connectivity index (χ1v) is 10.3. The van der Waals surface area contributed by atoms with Crippen molar-refractivity contribution in [2.75, 3.05) is 11.9 Å². The lowest BCUT2D eigenvalue weighted by Crippen LogP contribution is -2.47. The highest BCUT2D eigenvalue weighted by atomic mass is 16.2. The molecule has 0 saturated carbocycles. The van der Waals surface area contributed by atoms with Crippen molar-refractivity contribution in [3.05, 3.63) is 84.1 Å². The van der Waals surface area contributed by atoms with Gasteiger partial charge in [0.05, 0.1) is 5.56 Å². The molecular weight excluding hydrogens is 374 g/mol. The van der Waals surface area contributed by atoms with Gasteiger partial charge >= 0.3 is 0 Å². The molecular formula is C25H25N3O2. The van der Waals surface area contributed by atoms with Crippen LogP contribution in [0.15, 0.2) is 72.9 Å². The van der Waals surface area contributed by atoms with Crippen LogP contribution in [0.5, 0.6) is 0 Å². The minimum Gasteiger partial charge on any atom is -0.322 e. The van der Waals surface area contributed by atoms with Gasteiger partial charge in [0.15, 0.2) is 0 Å². The van der Waals surface area contributed by atoms with Crippen molar-refractivity contribution < 1.29 is 9.59 Å². The van der Waals surface area contributed by atoms with E-state index in [2.05, 4.69) is 4.98 Å². The van der Waals surface area contributed by atoms with E-state index in [1.807, 2.05) is 73.7 Å². The summed E-state index contributed by atoms with van der Waals surface area (Å²) < 4.78 is 0. The number of carbonyl (C=O) groups excluding carboxylic acids is 2. The van der Waals surface area contributed by atoms with Crippen LogP contribution in [0.3, 0.4) is 0 Å². The maximum atomic E-state index is 13.7. The largest absolute Gasteiger partial charge is 0.322 e. The monoisotopic (exact) mass is 399 g/mol. The minimum atomic E-state index is -0.512. The third kappa shape index (κ3) is 3.71. The fraction of sp³-hybridized carbons (Fsp3) is 0.240. The van der Waals surface area contributed by atoms with E-state index in [0.29, 0.717) is 24.3 Å². The van der Waals surface area contributed by atoms with Crippen LogP contribution in [0.1, 0.15) is 35.7 Å². The third-order valence-electron chi connectivity index (χ3n) is 5.53. The molecule has 1 aromatic heterocycles. The quantitative estimate of drug-likeness (QED) is 0.633. The molecule has 0 N–H and O–H groups in total. The molecule has 0 fully saturated rings. The lowest BCUT2D eigenvalue weighted by molar-refractivity contribution is -0.123. The Bertz CT molecular complexity index is 1050. The van der Waals surface area contributed by atoms with Gasteiger partial charge in [0.2, 0.25) is 0 Å². The number of hydrogen-bond acceptors (Lipinski definition) is 3. The highest BCUT2D eigenvalue weighted by molar-refractivity contribution is 6.10. The zero-order chi connectivity index (χ0) is 21.1. The fourth-order valence-electron chi connectivity index (χ4n) is 3.94. The summed E-state index contributed by atoms with van der Waals surface area (Å²) in [4.78, 5) is 34.8. The number of benzene rings is 2. The topological polar surface area (TPSA) is 53.5 Å². The number of pyridine rings is 1. The second-order valence-corrected chi connectivity index (χ2v) is 7.58. The molecule has 2 heterocycles. The Morgan fingerprint density at radius 1 is 0.933 bits per heavy atom. The van der Waals surface area contributed by atoms with Crippen molar-refractivity contribution in [1.82, 2.24) is 9.88 Å². The maximum absolute atomic E-state index is 13.7. The first-order valence-electron chi connectivity index (χ1n) is 10.3. The Kier molecular flexibility index (Phi) is 5.61. The van der Waals surface area contributed by atoms with Gasteiger partial charge in [-0.1, -0.05) is 74.0 Å². The SMILES string of the molecule is CCCC1C(=O)N(C)c2ncc(-c3ccccc3)cc2C(=O)N1Cc1ccccc1. The molecule has 5 heteroatoms. The van der Waals surface area contributed by atoms with E-state index >= 15 is 0 Å². The van der Waals surface area contributed by atoms with Crippen LogP contribution < -0.4 is 4.90 Å². The zero-order valence-corrected chi connectivity index (χ0v) is 17.3. The summed E-state index contributed by atoms with van der Waals surface area (Å²) in [6.45, 7) is 2.42. The summed E-state index contributed by atoms with van der Waals surface area (Å²) in [7, 11) is 1.71. The summed E-state index contributed by atoms with van der Waals surface area (Å²) in [6.07, 6.45) is 3.15. The van der Waals surface area contributed by atoms with E-state index < -0.39 is 6.04 Å². The van der Waals surface area contributed by atoms with Crippen LogP contribution in [0.25, 0.3) is 11.1 Å². The number of fused-ring (bicyclic) bond motifs is 1. The Morgan fingerprint density at radius 2 is 1.60 bits per heavy atom. The van der Waals surface area contributed by atoms with Crippen molar-refractivity contribution in [2.45, 2.75) is 32.4 Å². The van der Waals surface area contributed by atoms with Gasteiger partial charge in [-0.3, -0.25) is 14.5 Å². The molecule has 3 aromatic rings. The number of likely N-dealkylation sites (N-methyl/N-ethyl adjacent to an activating group) is 1.